The molecule has 2 heterocycles. The van der Waals surface area contributed by atoms with Gasteiger partial charge >= 0.3 is 0 Å². The van der Waals surface area contributed by atoms with Crippen molar-refractivity contribution in [2.24, 2.45) is 16.6 Å². The van der Waals surface area contributed by atoms with Crippen LogP contribution in [0.5, 0.6) is 0 Å². The molecule has 25 heavy (non-hydrogen) atoms. The standard InChI is InChI=1S/C19H27N5.HI/c1-16-7-11-24(12-8-16)19(20)22-15-18-21-10-14-23(18)13-9-17-5-3-2-4-6-17;/h2-6,10,14,16H,7-9,11-13,15H2,1H3,(H2,20,22);1H. The van der Waals surface area contributed by atoms with E-state index in [-0.39, 0.29) is 24.0 Å². The molecular formula is C19H28IN5. The van der Waals surface area contributed by atoms with Gasteiger partial charge in [0.15, 0.2) is 5.96 Å². The molecule has 1 aliphatic rings. The van der Waals surface area contributed by atoms with Gasteiger partial charge in [-0.3, -0.25) is 0 Å². The van der Waals surface area contributed by atoms with Crippen molar-refractivity contribution in [1.29, 1.82) is 0 Å². The van der Waals surface area contributed by atoms with Crippen LogP contribution in [0, 0.1) is 5.92 Å². The Morgan fingerprint density at radius 1 is 1.24 bits per heavy atom. The van der Waals surface area contributed by atoms with Crippen LogP contribution in [0.3, 0.4) is 0 Å². The molecule has 6 heteroatoms. The number of piperidine rings is 1. The number of rotatable bonds is 5. The molecule has 0 amide bonds. The summed E-state index contributed by atoms with van der Waals surface area (Å²) in [5.74, 6) is 2.42. The van der Waals surface area contributed by atoms with Gasteiger partial charge in [0.25, 0.3) is 0 Å². The third-order valence-electron chi connectivity index (χ3n) is 4.78. The second kappa shape index (κ2) is 9.79. The summed E-state index contributed by atoms with van der Waals surface area (Å²) in [6.45, 7) is 5.78. The summed E-state index contributed by atoms with van der Waals surface area (Å²) >= 11 is 0. The van der Waals surface area contributed by atoms with E-state index in [0.717, 1.165) is 37.8 Å². The van der Waals surface area contributed by atoms with Crippen LogP contribution >= 0.6 is 24.0 Å². The SMILES string of the molecule is CC1CCN(C(N)=NCc2nccn2CCc2ccccc2)CC1.I. The highest BCUT2D eigenvalue weighted by molar-refractivity contribution is 14.0. The highest BCUT2D eigenvalue weighted by atomic mass is 127. The predicted molar refractivity (Wildman–Crippen MR) is 113 cm³/mol. The van der Waals surface area contributed by atoms with Crippen LogP contribution in [-0.2, 0) is 19.5 Å². The zero-order valence-corrected chi connectivity index (χ0v) is 17.2. The number of hydrogen-bond acceptors (Lipinski definition) is 2. The summed E-state index contributed by atoms with van der Waals surface area (Å²) in [6, 6.07) is 10.5. The molecule has 1 fully saturated rings. The van der Waals surface area contributed by atoms with Crippen LogP contribution in [0.4, 0.5) is 0 Å². The number of hydrogen-bond donors (Lipinski definition) is 1. The number of halogens is 1. The predicted octanol–water partition coefficient (Wildman–Crippen LogP) is 3.29. The minimum absolute atomic E-state index is 0. The van der Waals surface area contributed by atoms with Gasteiger partial charge < -0.3 is 15.2 Å². The normalized spacial score (nSPS) is 15.9. The third-order valence-corrected chi connectivity index (χ3v) is 4.78. The number of nitrogens with two attached hydrogens (primary N) is 1. The number of aromatic nitrogens is 2. The first-order valence-electron chi connectivity index (χ1n) is 8.81. The second-order valence-corrected chi connectivity index (χ2v) is 6.62. The Kier molecular flexibility index (Phi) is 7.74. The van der Waals surface area contributed by atoms with Gasteiger partial charge in [0.05, 0.1) is 0 Å². The van der Waals surface area contributed by atoms with Crippen molar-refractivity contribution in [2.45, 2.75) is 39.3 Å². The highest BCUT2D eigenvalue weighted by Gasteiger charge is 2.17. The topological polar surface area (TPSA) is 59.4 Å². The molecule has 0 spiro atoms. The lowest BCUT2D eigenvalue weighted by Gasteiger charge is -2.31. The molecular weight excluding hydrogens is 425 g/mol. The maximum absolute atomic E-state index is 6.16. The quantitative estimate of drug-likeness (QED) is 0.430. The number of benzene rings is 1. The summed E-state index contributed by atoms with van der Waals surface area (Å²) in [6.07, 6.45) is 7.25. The molecule has 5 nitrogen and oxygen atoms in total. The summed E-state index contributed by atoms with van der Waals surface area (Å²) in [4.78, 5) is 11.2. The van der Waals surface area contributed by atoms with E-state index in [1.165, 1.54) is 18.4 Å². The van der Waals surface area contributed by atoms with Gasteiger partial charge in [0, 0.05) is 32.0 Å². The number of guanidine groups is 1. The Morgan fingerprint density at radius 3 is 2.68 bits per heavy atom. The van der Waals surface area contributed by atoms with E-state index in [0.29, 0.717) is 12.5 Å². The number of aryl methyl sites for hydroxylation is 2. The minimum atomic E-state index is 0. The highest BCUT2D eigenvalue weighted by Crippen LogP contribution is 2.15. The molecule has 136 valence electrons. The number of aliphatic imine (C=N–C) groups is 1. The third kappa shape index (κ3) is 5.73. The van der Waals surface area contributed by atoms with E-state index in [1.54, 1.807) is 0 Å². The van der Waals surface area contributed by atoms with Crippen LogP contribution in [0.2, 0.25) is 0 Å². The van der Waals surface area contributed by atoms with Gasteiger partial charge in [-0.2, -0.15) is 0 Å². The molecule has 0 saturated carbocycles. The Labute approximate surface area is 167 Å². The second-order valence-electron chi connectivity index (χ2n) is 6.62. The first-order chi connectivity index (χ1) is 11.7. The number of nitrogens with zero attached hydrogens (tertiary/aromatic N) is 4. The van der Waals surface area contributed by atoms with E-state index < -0.39 is 0 Å². The lowest BCUT2D eigenvalue weighted by Crippen LogP contribution is -2.42. The van der Waals surface area contributed by atoms with Crippen molar-refractivity contribution in [3.63, 3.8) is 0 Å². The van der Waals surface area contributed by atoms with Crippen LogP contribution in [0.25, 0.3) is 0 Å². The Morgan fingerprint density at radius 2 is 1.96 bits per heavy atom. The van der Waals surface area contributed by atoms with Crippen molar-refractivity contribution < 1.29 is 0 Å². The molecule has 1 aromatic carbocycles. The molecule has 2 N–H and O–H groups in total. The monoisotopic (exact) mass is 453 g/mol. The molecule has 2 aromatic rings. The van der Waals surface area contributed by atoms with Crippen molar-refractivity contribution in [1.82, 2.24) is 14.5 Å². The van der Waals surface area contributed by atoms with Crippen LogP contribution in [0.1, 0.15) is 31.2 Å². The molecule has 1 saturated heterocycles. The lowest BCUT2D eigenvalue weighted by molar-refractivity contribution is 0.277. The molecule has 0 bridgehead atoms. The lowest BCUT2D eigenvalue weighted by atomic mass is 10.00. The fourth-order valence-electron chi connectivity index (χ4n) is 3.08. The summed E-state index contributed by atoms with van der Waals surface area (Å²) in [7, 11) is 0. The average Bonchev–Trinajstić information content (AvgIpc) is 3.07. The summed E-state index contributed by atoms with van der Waals surface area (Å²) in [5, 5.41) is 0. The van der Waals surface area contributed by atoms with E-state index >= 15 is 0 Å². The average molecular weight is 453 g/mol. The first-order valence-corrected chi connectivity index (χ1v) is 8.81. The fraction of sp³-hybridized carbons (Fsp3) is 0.474. The maximum Gasteiger partial charge on any atom is 0.191 e. The van der Waals surface area contributed by atoms with Gasteiger partial charge in [0.1, 0.15) is 12.4 Å². The van der Waals surface area contributed by atoms with E-state index in [4.69, 9.17) is 5.73 Å². The smallest absolute Gasteiger partial charge is 0.191 e. The first kappa shape index (κ1) is 19.8. The molecule has 3 rings (SSSR count). The minimum Gasteiger partial charge on any atom is -0.370 e. The summed E-state index contributed by atoms with van der Waals surface area (Å²) in [5.41, 5.74) is 7.50. The van der Waals surface area contributed by atoms with Crippen molar-refractivity contribution in [2.75, 3.05) is 13.1 Å². The molecule has 1 aromatic heterocycles. The van der Waals surface area contributed by atoms with Gasteiger partial charge in [-0.1, -0.05) is 37.3 Å². The Bertz CT molecular complexity index is 659. The fourth-order valence-corrected chi connectivity index (χ4v) is 3.08. The number of imidazole rings is 1. The van der Waals surface area contributed by atoms with Crippen molar-refractivity contribution in [3.05, 3.63) is 54.1 Å². The van der Waals surface area contributed by atoms with E-state index in [9.17, 15) is 0 Å². The van der Waals surface area contributed by atoms with Gasteiger partial charge in [-0.15, -0.1) is 24.0 Å². The van der Waals surface area contributed by atoms with Crippen molar-refractivity contribution in [3.8, 4) is 0 Å². The van der Waals surface area contributed by atoms with Crippen LogP contribution < -0.4 is 5.73 Å². The van der Waals surface area contributed by atoms with Gasteiger partial charge in [-0.05, 0) is 30.7 Å². The molecule has 0 aliphatic carbocycles. The Hall–Kier alpha value is -1.57. The van der Waals surface area contributed by atoms with Gasteiger partial charge in [0.2, 0.25) is 0 Å². The van der Waals surface area contributed by atoms with E-state index in [2.05, 4.69) is 50.6 Å². The molecule has 1 aliphatic heterocycles. The molecule has 0 atom stereocenters. The molecule has 0 radical (unpaired) electrons. The zero-order chi connectivity index (χ0) is 16.8. The summed E-state index contributed by atoms with van der Waals surface area (Å²) < 4.78 is 2.17. The number of likely N-dealkylation sites (tertiary alicyclic amines) is 1. The molecule has 0 unspecified atom stereocenters. The van der Waals surface area contributed by atoms with Gasteiger partial charge in [-0.25, -0.2) is 9.98 Å². The zero-order valence-electron chi connectivity index (χ0n) is 14.8. The van der Waals surface area contributed by atoms with Crippen LogP contribution in [-0.4, -0.2) is 33.5 Å². The Balaban J connectivity index is 0.00000225. The largest absolute Gasteiger partial charge is 0.370 e. The maximum atomic E-state index is 6.16. The van der Waals surface area contributed by atoms with E-state index in [1.807, 2.05) is 18.5 Å². The van der Waals surface area contributed by atoms with Crippen LogP contribution in [0.15, 0.2) is 47.7 Å². The van der Waals surface area contributed by atoms with Crippen molar-refractivity contribution >= 4 is 29.9 Å².